The highest BCUT2D eigenvalue weighted by atomic mass is 79.9. The number of likely N-dealkylation sites (N-methyl/N-ethyl adjacent to an activating group) is 1. The number of hydrogen-bond donors (Lipinski definition) is 2. The van der Waals surface area contributed by atoms with Crippen LogP contribution in [-0.2, 0) is 4.79 Å². The minimum atomic E-state index is -0.622. The van der Waals surface area contributed by atoms with Gasteiger partial charge in [0.15, 0.2) is 0 Å². The number of hydrogen-bond acceptors (Lipinski definition) is 3. The maximum Gasteiger partial charge on any atom is 0.237 e. The van der Waals surface area contributed by atoms with Gasteiger partial charge in [-0.25, -0.2) is 0 Å². The molecule has 18 heavy (non-hydrogen) atoms. The highest BCUT2D eigenvalue weighted by Crippen LogP contribution is 2.28. The average molecular weight is 331 g/mol. The van der Waals surface area contributed by atoms with E-state index >= 15 is 0 Å². The lowest BCUT2D eigenvalue weighted by Crippen LogP contribution is -2.53. The number of primary amides is 1. The van der Waals surface area contributed by atoms with Crippen molar-refractivity contribution in [2.75, 3.05) is 12.3 Å². The van der Waals surface area contributed by atoms with Gasteiger partial charge in [0.1, 0.15) is 0 Å². The lowest BCUT2D eigenvalue weighted by atomic mass is 9.98. The van der Waals surface area contributed by atoms with Crippen LogP contribution in [0.1, 0.15) is 20.3 Å². The molecular weight excluding hydrogens is 312 g/mol. The first-order valence-electron chi connectivity index (χ1n) is 5.92. The Balaban J connectivity index is 2.54. The van der Waals surface area contributed by atoms with Crippen LogP contribution in [0.4, 0.5) is 0 Å². The van der Waals surface area contributed by atoms with Crippen molar-refractivity contribution in [3.63, 3.8) is 0 Å². The van der Waals surface area contributed by atoms with Gasteiger partial charge < -0.3 is 11.1 Å². The zero-order valence-electron chi connectivity index (χ0n) is 10.7. The third-order valence-electron chi connectivity index (χ3n) is 2.81. The van der Waals surface area contributed by atoms with E-state index in [2.05, 4.69) is 27.3 Å². The van der Waals surface area contributed by atoms with Crippen molar-refractivity contribution in [1.29, 1.82) is 0 Å². The molecule has 100 valence electrons. The highest BCUT2D eigenvalue weighted by Gasteiger charge is 2.29. The van der Waals surface area contributed by atoms with Crippen molar-refractivity contribution in [2.45, 2.75) is 30.7 Å². The van der Waals surface area contributed by atoms with Gasteiger partial charge >= 0.3 is 0 Å². The Morgan fingerprint density at radius 3 is 2.72 bits per heavy atom. The van der Waals surface area contributed by atoms with Crippen LogP contribution < -0.4 is 11.1 Å². The van der Waals surface area contributed by atoms with Crippen molar-refractivity contribution in [1.82, 2.24) is 5.32 Å². The first kappa shape index (κ1) is 15.5. The van der Waals surface area contributed by atoms with E-state index in [9.17, 15) is 4.79 Å². The molecule has 0 aliphatic carbocycles. The molecule has 0 spiro atoms. The van der Waals surface area contributed by atoms with E-state index in [1.54, 1.807) is 11.8 Å². The van der Waals surface area contributed by atoms with Crippen molar-refractivity contribution >= 4 is 33.6 Å². The monoisotopic (exact) mass is 330 g/mol. The van der Waals surface area contributed by atoms with Crippen LogP contribution in [0.2, 0.25) is 0 Å². The molecule has 1 aromatic rings. The Morgan fingerprint density at radius 2 is 2.17 bits per heavy atom. The SMILES string of the molecule is CCNC(C)(CCSc1ccccc1Br)C(N)=O. The number of nitrogens with two attached hydrogens (primary N) is 1. The smallest absolute Gasteiger partial charge is 0.237 e. The largest absolute Gasteiger partial charge is 0.368 e. The first-order chi connectivity index (χ1) is 8.49. The van der Waals surface area contributed by atoms with Crippen LogP contribution in [-0.4, -0.2) is 23.7 Å². The van der Waals surface area contributed by atoms with Gasteiger partial charge in [0, 0.05) is 15.1 Å². The summed E-state index contributed by atoms with van der Waals surface area (Å²) in [7, 11) is 0. The lowest BCUT2D eigenvalue weighted by Gasteiger charge is -2.26. The third kappa shape index (κ3) is 4.30. The normalized spacial score (nSPS) is 14.2. The standard InChI is InChI=1S/C13H19BrN2OS/c1-3-16-13(2,12(15)17)8-9-18-11-7-5-4-6-10(11)14/h4-7,16H,3,8-9H2,1-2H3,(H2,15,17). The summed E-state index contributed by atoms with van der Waals surface area (Å²) in [4.78, 5) is 12.6. The molecule has 0 saturated carbocycles. The molecule has 3 N–H and O–H groups in total. The van der Waals surface area contributed by atoms with E-state index in [1.165, 1.54) is 4.90 Å². The fourth-order valence-electron chi connectivity index (χ4n) is 1.62. The van der Waals surface area contributed by atoms with E-state index in [0.717, 1.165) is 16.8 Å². The summed E-state index contributed by atoms with van der Waals surface area (Å²) in [6.07, 6.45) is 0.710. The number of thioether (sulfide) groups is 1. The molecule has 0 aliphatic heterocycles. The van der Waals surface area contributed by atoms with Crippen LogP contribution in [0.25, 0.3) is 0 Å². The molecule has 1 rings (SSSR count). The van der Waals surface area contributed by atoms with Gasteiger partial charge in [-0.2, -0.15) is 0 Å². The number of carbonyl (C=O) groups is 1. The summed E-state index contributed by atoms with van der Waals surface area (Å²) in [5.41, 5.74) is 4.82. The van der Waals surface area contributed by atoms with Gasteiger partial charge in [-0.15, -0.1) is 11.8 Å². The minimum Gasteiger partial charge on any atom is -0.368 e. The zero-order chi connectivity index (χ0) is 13.6. The molecule has 3 nitrogen and oxygen atoms in total. The Morgan fingerprint density at radius 1 is 1.50 bits per heavy atom. The van der Waals surface area contributed by atoms with Crippen molar-refractivity contribution in [3.8, 4) is 0 Å². The average Bonchev–Trinajstić information content (AvgIpc) is 2.32. The van der Waals surface area contributed by atoms with E-state index < -0.39 is 5.54 Å². The Labute approximate surface area is 121 Å². The lowest BCUT2D eigenvalue weighted by molar-refractivity contribution is -0.123. The molecule has 1 atom stereocenters. The molecular formula is C13H19BrN2OS. The minimum absolute atomic E-state index is 0.294. The molecule has 0 heterocycles. The van der Waals surface area contributed by atoms with E-state index in [1.807, 2.05) is 32.0 Å². The van der Waals surface area contributed by atoms with Crippen molar-refractivity contribution in [2.24, 2.45) is 5.73 Å². The molecule has 0 aliphatic rings. The topological polar surface area (TPSA) is 55.1 Å². The third-order valence-corrected chi connectivity index (χ3v) is 4.84. The van der Waals surface area contributed by atoms with E-state index in [-0.39, 0.29) is 5.91 Å². The van der Waals surface area contributed by atoms with Crippen molar-refractivity contribution < 1.29 is 4.79 Å². The van der Waals surface area contributed by atoms with Crippen LogP contribution in [0.15, 0.2) is 33.6 Å². The van der Waals surface area contributed by atoms with E-state index in [0.29, 0.717) is 6.42 Å². The number of halogens is 1. The fourth-order valence-corrected chi connectivity index (χ4v) is 3.35. The predicted octanol–water partition coefficient (Wildman–Crippen LogP) is 2.78. The summed E-state index contributed by atoms with van der Waals surface area (Å²) in [6.45, 7) is 4.57. The van der Waals surface area contributed by atoms with Gasteiger partial charge in [0.2, 0.25) is 5.91 Å². The highest BCUT2D eigenvalue weighted by molar-refractivity contribution is 9.10. The molecule has 0 aromatic heterocycles. The second-order valence-electron chi connectivity index (χ2n) is 4.26. The van der Waals surface area contributed by atoms with Gasteiger partial charge in [-0.1, -0.05) is 19.1 Å². The number of benzene rings is 1. The fraction of sp³-hybridized carbons (Fsp3) is 0.462. The summed E-state index contributed by atoms with van der Waals surface area (Å²) in [5.74, 6) is 0.548. The maximum atomic E-state index is 11.5. The summed E-state index contributed by atoms with van der Waals surface area (Å²) >= 11 is 5.23. The second-order valence-corrected chi connectivity index (χ2v) is 6.25. The number of carbonyl (C=O) groups excluding carboxylic acids is 1. The van der Waals surface area contributed by atoms with Gasteiger partial charge in [0.05, 0.1) is 5.54 Å². The maximum absolute atomic E-state index is 11.5. The van der Waals surface area contributed by atoms with Gasteiger partial charge in [-0.05, 0) is 48.0 Å². The molecule has 1 unspecified atom stereocenters. The second kappa shape index (κ2) is 7.16. The van der Waals surface area contributed by atoms with Crippen LogP contribution in [0.3, 0.4) is 0 Å². The summed E-state index contributed by atoms with van der Waals surface area (Å²) in [5, 5.41) is 3.16. The quantitative estimate of drug-likeness (QED) is 0.756. The van der Waals surface area contributed by atoms with Crippen LogP contribution in [0.5, 0.6) is 0 Å². The Hall–Kier alpha value is -0.520. The molecule has 0 saturated heterocycles. The van der Waals surface area contributed by atoms with Gasteiger partial charge in [-0.3, -0.25) is 4.79 Å². The predicted molar refractivity (Wildman–Crippen MR) is 80.8 cm³/mol. The zero-order valence-corrected chi connectivity index (χ0v) is 13.1. The number of amides is 1. The molecule has 5 heteroatoms. The van der Waals surface area contributed by atoms with Crippen LogP contribution in [0, 0.1) is 0 Å². The molecule has 0 bridgehead atoms. The van der Waals surface area contributed by atoms with Crippen LogP contribution >= 0.6 is 27.7 Å². The Kier molecular flexibility index (Phi) is 6.18. The molecule has 0 fully saturated rings. The summed E-state index contributed by atoms with van der Waals surface area (Å²) in [6, 6.07) is 8.06. The van der Waals surface area contributed by atoms with E-state index in [4.69, 9.17) is 5.73 Å². The van der Waals surface area contributed by atoms with Crippen molar-refractivity contribution in [3.05, 3.63) is 28.7 Å². The van der Waals surface area contributed by atoms with Gasteiger partial charge in [0.25, 0.3) is 0 Å². The molecule has 1 amide bonds. The molecule has 0 radical (unpaired) electrons. The number of rotatable bonds is 7. The molecule has 1 aromatic carbocycles. The Bertz CT molecular complexity index is 414. The summed E-state index contributed by atoms with van der Waals surface area (Å²) < 4.78 is 1.08. The first-order valence-corrected chi connectivity index (χ1v) is 7.69. The number of nitrogens with one attached hydrogen (secondary N) is 1.